The Morgan fingerprint density at radius 2 is 1.74 bits per heavy atom. The Kier molecular flexibility index (Phi) is 6.92. The molecular weight excluding hydrogens is 250 g/mol. The van der Waals surface area contributed by atoms with Gasteiger partial charge in [0.05, 0.1) is 5.75 Å². The number of hydrogen-bond donors (Lipinski definition) is 0. The molecular formula is C17H23NS. The van der Waals surface area contributed by atoms with Crippen LogP contribution in [0.15, 0.2) is 30.3 Å². The van der Waals surface area contributed by atoms with Gasteiger partial charge in [-0.25, -0.2) is 0 Å². The molecule has 102 valence electrons. The summed E-state index contributed by atoms with van der Waals surface area (Å²) in [6.07, 6.45) is 5.62. The first-order valence-corrected chi connectivity index (χ1v) is 8.44. The number of thioether (sulfide) groups is 1. The minimum atomic E-state index is 0.947. The van der Waals surface area contributed by atoms with Gasteiger partial charge < -0.3 is 4.90 Å². The summed E-state index contributed by atoms with van der Waals surface area (Å²) in [5.74, 6) is 8.61. The fourth-order valence-electron chi connectivity index (χ4n) is 2.34. The average molecular weight is 273 g/mol. The molecule has 1 aliphatic rings. The van der Waals surface area contributed by atoms with Crippen LogP contribution in [0.3, 0.4) is 0 Å². The summed E-state index contributed by atoms with van der Waals surface area (Å²) in [4.78, 5) is 2.62. The number of benzene rings is 1. The molecule has 1 nitrogen and oxygen atoms in total. The van der Waals surface area contributed by atoms with E-state index in [1.54, 1.807) is 0 Å². The standard InChI is InChI=1S/C17H23NS/c1-2-7-13-18(12-6-1)14-16-19-15-8-11-17-9-4-3-5-10-17/h3-5,9-10H,1-2,6-7,12-16H2. The summed E-state index contributed by atoms with van der Waals surface area (Å²) in [5.41, 5.74) is 1.12. The maximum Gasteiger partial charge on any atom is 0.0551 e. The molecule has 1 heterocycles. The van der Waals surface area contributed by atoms with Crippen molar-refractivity contribution in [2.45, 2.75) is 25.7 Å². The van der Waals surface area contributed by atoms with Gasteiger partial charge in [0.15, 0.2) is 0 Å². The molecule has 0 bridgehead atoms. The van der Waals surface area contributed by atoms with Crippen LogP contribution in [0.25, 0.3) is 0 Å². The quantitative estimate of drug-likeness (QED) is 0.608. The van der Waals surface area contributed by atoms with Crippen molar-refractivity contribution in [1.82, 2.24) is 4.90 Å². The normalized spacial score (nSPS) is 16.4. The molecule has 0 unspecified atom stereocenters. The molecule has 1 aromatic rings. The van der Waals surface area contributed by atoms with Gasteiger partial charge in [-0.3, -0.25) is 0 Å². The van der Waals surface area contributed by atoms with Gasteiger partial charge >= 0.3 is 0 Å². The van der Waals surface area contributed by atoms with E-state index >= 15 is 0 Å². The van der Waals surface area contributed by atoms with Crippen molar-refractivity contribution in [2.24, 2.45) is 0 Å². The molecule has 1 saturated heterocycles. The van der Waals surface area contributed by atoms with Crippen LogP contribution in [0.1, 0.15) is 31.2 Å². The summed E-state index contributed by atoms with van der Waals surface area (Å²) < 4.78 is 0. The van der Waals surface area contributed by atoms with Gasteiger partial charge in [0.1, 0.15) is 0 Å². The molecule has 0 amide bonds. The van der Waals surface area contributed by atoms with Crippen LogP contribution >= 0.6 is 11.8 Å². The molecule has 2 rings (SSSR count). The zero-order valence-electron chi connectivity index (χ0n) is 11.6. The topological polar surface area (TPSA) is 3.24 Å². The first kappa shape index (κ1) is 14.5. The third kappa shape index (κ3) is 6.18. The van der Waals surface area contributed by atoms with Crippen LogP contribution in [0, 0.1) is 11.8 Å². The Bertz CT molecular complexity index is 396. The van der Waals surface area contributed by atoms with Crippen molar-refractivity contribution in [2.75, 3.05) is 31.1 Å². The van der Waals surface area contributed by atoms with E-state index in [0.717, 1.165) is 11.3 Å². The number of likely N-dealkylation sites (tertiary alicyclic amines) is 1. The highest BCUT2D eigenvalue weighted by Gasteiger charge is 2.07. The Hall–Kier alpha value is -0.910. The van der Waals surface area contributed by atoms with E-state index in [4.69, 9.17) is 0 Å². The van der Waals surface area contributed by atoms with Crippen LogP contribution in [0.5, 0.6) is 0 Å². The van der Waals surface area contributed by atoms with Crippen molar-refractivity contribution >= 4 is 11.8 Å². The van der Waals surface area contributed by atoms with Gasteiger partial charge in [0, 0.05) is 17.9 Å². The molecule has 0 saturated carbocycles. The predicted molar refractivity (Wildman–Crippen MR) is 85.6 cm³/mol. The summed E-state index contributed by atoms with van der Waals surface area (Å²) in [7, 11) is 0. The molecule has 2 heteroatoms. The monoisotopic (exact) mass is 273 g/mol. The van der Waals surface area contributed by atoms with Crippen molar-refractivity contribution in [3.8, 4) is 11.8 Å². The van der Waals surface area contributed by atoms with Gasteiger partial charge in [0.2, 0.25) is 0 Å². The van der Waals surface area contributed by atoms with E-state index in [9.17, 15) is 0 Å². The molecule has 19 heavy (non-hydrogen) atoms. The SMILES string of the molecule is C(#Cc1ccccc1)CSCCN1CCCCCC1. The Balaban J connectivity index is 1.58. The van der Waals surface area contributed by atoms with E-state index in [1.807, 2.05) is 30.0 Å². The Morgan fingerprint density at radius 1 is 1.00 bits per heavy atom. The van der Waals surface area contributed by atoms with Crippen molar-refractivity contribution < 1.29 is 0 Å². The molecule has 0 spiro atoms. The van der Waals surface area contributed by atoms with E-state index < -0.39 is 0 Å². The first-order valence-electron chi connectivity index (χ1n) is 7.29. The lowest BCUT2D eigenvalue weighted by molar-refractivity contribution is 0.303. The van der Waals surface area contributed by atoms with E-state index in [1.165, 1.54) is 51.1 Å². The second kappa shape index (κ2) is 9.07. The molecule has 0 atom stereocenters. The van der Waals surface area contributed by atoms with Gasteiger partial charge in [-0.1, -0.05) is 42.9 Å². The summed E-state index contributed by atoms with van der Waals surface area (Å²) >= 11 is 1.96. The summed E-state index contributed by atoms with van der Waals surface area (Å²) in [6.45, 7) is 3.84. The maximum atomic E-state index is 3.25. The van der Waals surface area contributed by atoms with E-state index in [2.05, 4.69) is 28.9 Å². The predicted octanol–water partition coefficient (Wildman–Crippen LogP) is 3.65. The van der Waals surface area contributed by atoms with Crippen LogP contribution in [0.4, 0.5) is 0 Å². The lowest BCUT2D eigenvalue weighted by atomic mass is 10.2. The summed E-state index contributed by atoms with van der Waals surface area (Å²) in [5, 5.41) is 0. The molecule has 1 aromatic carbocycles. The van der Waals surface area contributed by atoms with E-state index in [-0.39, 0.29) is 0 Å². The van der Waals surface area contributed by atoms with Gasteiger partial charge in [0.25, 0.3) is 0 Å². The second-order valence-corrected chi connectivity index (χ2v) is 6.08. The highest BCUT2D eigenvalue weighted by molar-refractivity contribution is 7.99. The first-order chi connectivity index (χ1) is 9.45. The van der Waals surface area contributed by atoms with Crippen molar-refractivity contribution in [3.63, 3.8) is 0 Å². The average Bonchev–Trinajstić information content (AvgIpc) is 2.72. The smallest absolute Gasteiger partial charge is 0.0551 e. The lowest BCUT2D eigenvalue weighted by Crippen LogP contribution is -2.27. The highest BCUT2D eigenvalue weighted by atomic mass is 32.2. The van der Waals surface area contributed by atoms with Crippen LogP contribution < -0.4 is 0 Å². The van der Waals surface area contributed by atoms with Crippen LogP contribution in [0.2, 0.25) is 0 Å². The highest BCUT2D eigenvalue weighted by Crippen LogP contribution is 2.10. The van der Waals surface area contributed by atoms with Crippen LogP contribution in [-0.4, -0.2) is 36.0 Å². The van der Waals surface area contributed by atoms with Gasteiger partial charge in [-0.05, 0) is 38.1 Å². The number of hydrogen-bond acceptors (Lipinski definition) is 2. The minimum Gasteiger partial charge on any atom is -0.303 e. The van der Waals surface area contributed by atoms with E-state index in [0.29, 0.717) is 0 Å². The zero-order chi connectivity index (χ0) is 13.2. The molecule has 0 aliphatic carbocycles. The largest absolute Gasteiger partial charge is 0.303 e. The molecule has 0 aromatic heterocycles. The maximum absolute atomic E-state index is 3.25. The molecule has 0 N–H and O–H groups in total. The minimum absolute atomic E-state index is 0.947. The number of rotatable bonds is 4. The second-order valence-electron chi connectivity index (χ2n) is 4.98. The van der Waals surface area contributed by atoms with Crippen molar-refractivity contribution in [1.29, 1.82) is 0 Å². The third-order valence-electron chi connectivity index (χ3n) is 3.43. The molecule has 0 radical (unpaired) electrons. The lowest BCUT2D eigenvalue weighted by Gasteiger charge is -2.18. The third-order valence-corrected chi connectivity index (χ3v) is 4.25. The molecule has 1 aliphatic heterocycles. The molecule has 1 fully saturated rings. The van der Waals surface area contributed by atoms with Crippen molar-refractivity contribution in [3.05, 3.63) is 35.9 Å². The Morgan fingerprint density at radius 3 is 2.47 bits per heavy atom. The zero-order valence-corrected chi connectivity index (χ0v) is 12.4. The fourth-order valence-corrected chi connectivity index (χ4v) is 3.04. The van der Waals surface area contributed by atoms with Crippen LogP contribution in [-0.2, 0) is 0 Å². The Labute approximate surface area is 121 Å². The fraction of sp³-hybridized carbons (Fsp3) is 0.529. The van der Waals surface area contributed by atoms with Gasteiger partial charge in [-0.2, -0.15) is 0 Å². The number of nitrogens with zero attached hydrogens (tertiary/aromatic N) is 1. The van der Waals surface area contributed by atoms with Gasteiger partial charge in [-0.15, -0.1) is 11.8 Å². The summed E-state index contributed by atoms with van der Waals surface area (Å²) in [6, 6.07) is 10.2.